The van der Waals surface area contributed by atoms with Gasteiger partial charge in [-0.1, -0.05) is 24.3 Å². The third-order valence-electron chi connectivity index (χ3n) is 1.89. The van der Waals surface area contributed by atoms with Crippen molar-refractivity contribution in [2.24, 2.45) is 0 Å². The predicted octanol–water partition coefficient (Wildman–Crippen LogP) is 1.74. The van der Waals surface area contributed by atoms with Crippen molar-refractivity contribution in [3.63, 3.8) is 0 Å². The highest BCUT2D eigenvalue weighted by Gasteiger charge is 2.00. The van der Waals surface area contributed by atoms with Crippen molar-refractivity contribution in [2.75, 3.05) is 0 Å². The zero-order valence-corrected chi connectivity index (χ0v) is 8.34. The van der Waals surface area contributed by atoms with Crippen LogP contribution in [0.25, 0.3) is 6.08 Å². The second-order valence-electron chi connectivity index (χ2n) is 3.09. The number of carboxylic acid groups (broad SMARTS) is 1. The summed E-state index contributed by atoms with van der Waals surface area (Å²) < 4.78 is 0. The third kappa shape index (κ3) is 3.28. The summed E-state index contributed by atoms with van der Waals surface area (Å²) in [5, 5.41) is 25.6. The molecule has 0 aliphatic heterocycles. The van der Waals surface area contributed by atoms with Gasteiger partial charge in [0.1, 0.15) is 17.7 Å². The highest BCUT2D eigenvalue weighted by Crippen LogP contribution is 2.09. The summed E-state index contributed by atoms with van der Waals surface area (Å²) in [4.78, 5) is 10.4. The first-order valence-corrected chi connectivity index (χ1v) is 4.48. The molecule has 0 aromatic heterocycles. The number of nitrogens with zero attached hydrogens (tertiary/aromatic N) is 2. The Hall–Kier alpha value is -2.59. The topological polar surface area (TPSA) is 84.9 Å². The second-order valence-corrected chi connectivity index (χ2v) is 3.09. The summed E-state index contributed by atoms with van der Waals surface area (Å²) in [5.41, 5.74) is 1.40. The number of carbonyl (C=O) groups is 1. The van der Waals surface area contributed by atoms with Crippen molar-refractivity contribution in [1.29, 1.82) is 10.5 Å². The average Bonchev–Trinajstić information content (AvgIpc) is 2.27. The normalized spacial score (nSPS) is 8.62. The molecule has 1 aromatic rings. The maximum atomic E-state index is 10.4. The first-order chi connectivity index (χ1) is 7.65. The molecule has 1 rings (SSSR count). The minimum Gasteiger partial charge on any atom is -0.481 e. The van der Waals surface area contributed by atoms with Gasteiger partial charge in [-0.3, -0.25) is 4.79 Å². The smallest absolute Gasteiger partial charge is 0.307 e. The minimum atomic E-state index is -0.891. The van der Waals surface area contributed by atoms with Crippen molar-refractivity contribution in [1.82, 2.24) is 0 Å². The Balaban J connectivity index is 2.89. The fourth-order valence-electron chi connectivity index (χ4n) is 1.16. The Labute approximate surface area is 92.7 Å². The van der Waals surface area contributed by atoms with E-state index in [1.54, 1.807) is 36.4 Å². The summed E-state index contributed by atoms with van der Waals surface area (Å²) in [6, 6.07) is 10.2. The van der Waals surface area contributed by atoms with E-state index < -0.39 is 5.97 Å². The van der Waals surface area contributed by atoms with Gasteiger partial charge in [0, 0.05) is 0 Å². The zero-order valence-electron chi connectivity index (χ0n) is 8.34. The van der Waals surface area contributed by atoms with E-state index in [2.05, 4.69) is 0 Å². The van der Waals surface area contributed by atoms with E-state index >= 15 is 0 Å². The van der Waals surface area contributed by atoms with Gasteiger partial charge in [0.2, 0.25) is 0 Å². The number of allylic oxidation sites excluding steroid dienone is 1. The molecule has 0 aliphatic carbocycles. The van der Waals surface area contributed by atoms with Crippen LogP contribution in [-0.4, -0.2) is 11.1 Å². The molecule has 0 fully saturated rings. The lowest BCUT2D eigenvalue weighted by Crippen LogP contribution is -1.99. The van der Waals surface area contributed by atoms with Crippen LogP contribution in [0.5, 0.6) is 0 Å². The molecule has 16 heavy (non-hydrogen) atoms. The molecular formula is C12H8N2O2. The highest BCUT2D eigenvalue weighted by molar-refractivity contribution is 5.70. The van der Waals surface area contributed by atoms with Crippen molar-refractivity contribution in [3.05, 3.63) is 41.0 Å². The summed E-state index contributed by atoms with van der Waals surface area (Å²) in [6.45, 7) is 0. The number of nitriles is 2. The lowest BCUT2D eigenvalue weighted by atomic mass is 10.1. The Morgan fingerprint density at radius 2 is 1.81 bits per heavy atom. The van der Waals surface area contributed by atoms with Crippen LogP contribution in [0, 0.1) is 22.7 Å². The maximum Gasteiger partial charge on any atom is 0.307 e. The lowest BCUT2D eigenvalue weighted by Gasteiger charge is -1.97. The van der Waals surface area contributed by atoms with Crippen LogP contribution < -0.4 is 0 Å². The number of aliphatic carboxylic acids is 1. The average molecular weight is 212 g/mol. The molecule has 0 saturated heterocycles. The molecule has 0 atom stereocenters. The fraction of sp³-hybridized carbons (Fsp3) is 0.0833. The number of rotatable bonds is 3. The van der Waals surface area contributed by atoms with Crippen LogP contribution >= 0.6 is 0 Å². The largest absolute Gasteiger partial charge is 0.481 e. The Bertz CT molecular complexity index is 485. The van der Waals surface area contributed by atoms with Gasteiger partial charge in [-0.2, -0.15) is 10.5 Å². The van der Waals surface area contributed by atoms with Gasteiger partial charge in [-0.25, -0.2) is 0 Å². The molecule has 0 amide bonds. The number of hydrogen-bond donors (Lipinski definition) is 1. The standard InChI is InChI=1S/C12H8N2O2/c13-7-11(8-14)5-9-1-3-10(4-2-9)6-12(15)16/h1-5H,6H2,(H,15,16). The molecule has 0 saturated carbocycles. The Morgan fingerprint density at radius 1 is 1.25 bits per heavy atom. The molecule has 0 heterocycles. The van der Waals surface area contributed by atoms with Crippen molar-refractivity contribution in [2.45, 2.75) is 6.42 Å². The number of carboxylic acids is 1. The van der Waals surface area contributed by atoms with E-state index in [0.717, 1.165) is 0 Å². The van der Waals surface area contributed by atoms with E-state index in [1.807, 2.05) is 0 Å². The third-order valence-corrected chi connectivity index (χ3v) is 1.89. The Kier molecular flexibility index (Phi) is 3.83. The van der Waals surface area contributed by atoms with Gasteiger partial charge in [-0.15, -0.1) is 0 Å². The second kappa shape index (κ2) is 5.33. The summed E-state index contributed by atoms with van der Waals surface area (Å²) >= 11 is 0. The monoisotopic (exact) mass is 212 g/mol. The first-order valence-electron chi connectivity index (χ1n) is 4.48. The molecule has 4 heteroatoms. The SMILES string of the molecule is N#CC(C#N)=Cc1ccc(CC(=O)O)cc1. The fourth-order valence-corrected chi connectivity index (χ4v) is 1.16. The molecule has 0 radical (unpaired) electrons. The van der Waals surface area contributed by atoms with Crippen LogP contribution in [0.4, 0.5) is 0 Å². The molecule has 0 unspecified atom stereocenters. The van der Waals surface area contributed by atoms with Gasteiger partial charge in [-0.05, 0) is 17.2 Å². The predicted molar refractivity (Wildman–Crippen MR) is 57.0 cm³/mol. The maximum absolute atomic E-state index is 10.4. The van der Waals surface area contributed by atoms with E-state index in [1.165, 1.54) is 6.08 Å². The van der Waals surface area contributed by atoms with Crippen molar-refractivity contribution < 1.29 is 9.90 Å². The lowest BCUT2D eigenvalue weighted by molar-refractivity contribution is -0.136. The van der Waals surface area contributed by atoms with Crippen LogP contribution in [-0.2, 0) is 11.2 Å². The number of hydrogen-bond acceptors (Lipinski definition) is 3. The zero-order chi connectivity index (χ0) is 12.0. The van der Waals surface area contributed by atoms with E-state index in [4.69, 9.17) is 15.6 Å². The van der Waals surface area contributed by atoms with Gasteiger partial charge >= 0.3 is 5.97 Å². The quantitative estimate of drug-likeness (QED) is 0.773. The van der Waals surface area contributed by atoms with Gasteiger partial charge in [0.25, 0.3) is 0 Å². The van der Waals surface area contributed by atoms with E-state index in [0.29, 0.717) is 11.1 Å². The molecule has 78 valence electrons. The molecule has 0 bridgehead atoms. The van der Waals surface area contributed by atoms with Crippen LogP contribution in [0.2, 0.25) is 0 Å². The van der Waals surface area contributed by atoms with Gasteiger partial charge in [0.05, 0.1) is 6.42 Å². The van der Waals surface area contributed by atoms with E-state index in [9.17, 15) is 4.79 Å². The van der Waals surface area contributed by atoms with Gasteiger partial charge < -0.3 is 5.11 Å². The number of benzene rings is 1. The van der Waals surface area contributed by atoms with Crippen LogP contribution in [0.15, 0.2) is 29.8 Å². The minimum absolute atomic E-state index is 0.0194. The molecule has 0 spiro atoms. The molecule has 0 aliphatic rings. The summed E-state index contributed by atoms with van der Waals surface area (Å²) in [5.74, 6) is -0.891. The molecular weight excluding hydrogens is 204 g/mol. The van der Waals surface area contributed by atoms with Crippen molar-refractivity contribution >= 4 is 12.0 Å². The van der Waals surface area contributed by atoms with Crippen molar-refractivity contribution in [3.8, 4) is 12.1 Å². The first kappa shape index (κ1) is 11.5. The summed E-state index contributed by atoms with van der Waals surface area (Å²) in [7, 11) is 0. The Morgan fingerprint density at radius 3 is 2.25 bits per heavy atom. The van der Waals surface area contributed by atoms with Crippen LogP contribution in [0.1, 0.15) is 11.1 Å². The summed E-state index contributed by atoms with van der Waals surface area (Å²) in [6.07, 6.45) is 1.41. The molecule has 4 nitrogen and oxygen atoms in total. The molecule has 1 N–H and O–H groups in total. The van der Waals surface area contributed by atoms with Gasteiger partial charge in [0.15, 0.2) is 0 Å². The van der Waals surface area contributed by atoms with Crippen LogP contribution in [0.3, 0.4) is 0 Å². The highest BCUT2D eigenvalue weighted by atomic mass is 16.4. The van der Waals surface area contributed by atoms with E-state index in [-0.39, 0.29) is 12.0 Å². The molecule has 1 aromatic carbocycles.